The van der Waals surface area contributed by atoms with E-state index in [1.54, 1.807) is 0 Å². The quantitative estimate of drug-likeness (QED) is 0.603. The van der Waals surface area contributed by atoms with Crippen molar-refractivity contribution in [2.24, 2.45) is 10.9 Å². The summed E-state index contributed by atoms with van der Waals surface area (Å²) in [6.07, 6.45) is 3.73. The molecule has 5 nitrogen and oxygen atoms in total. The third-order valence-electron chi connectivity index (χ3n) is 6.28. The molecule has 0 aliphatic carbocycles. The van der Waals surface area contributed by atoms with E-state index in [-0.39, 0.29) is 0 Å². The number of aliphatic imine (C=N–C) groups is 1. The lowest BCUT2D eigenvalue weighted by molar-refractivity contribution is 0.122. The Morgan fingerprint density at radius 1 is 1.07 bits per heavy atom. The minimum atomic E-state index is 0.512. The van der Waals surface area contributed by atoms with Gasteiger partial charge in [-0.2, -0.15) is 0 Å². The maximum atomic E-state index is 5.02. The van der Waals surface area contributed by atoms with Gasteiger partial charge in [-0.05, 0) is 51.6 Å². The van der Waals surface area contributed by atoms with Crippen LogP contribution >= 0.6 is 0 Å². The summed E-state index contributed by atoms with van der Waals surface area (Å²) in [7, 11) is 2.21. The third kappa shape index (κ3) is 6.21. The lowest BCUT2D eigenvalue weighted by Gasteiger charge is -2.37. The first-order valence-corrected chi connectivity index (χ1v) is 11.2. The van der Waals surface area contributed by atoms with Gasteiger partial charge in [-0.3, -0.25) is 9.89 Å². The van der Waals surface area contributed by atoms with Gasteiger partial charge in [0.15, 0.2) is 5.96 Å². The van der Waals surface area contributed by atoms with Crippen LogP contribution in [0.2, 0.25) is 0 Å². The summed E-state index contributed by atoms with van der Waals surface area (Å²) in [6.45, 7) is 13.2. The van der Waals surface area contributed by atoms with Gasteiger partial charge in [-0.25, -0.2) is 0 Å². The summed E-state index contributed by atoms with van der Waals surface area (Å²) in [5, 5.41) is 3.53. The molecule has 0 spiro atoms. The second-order valence-electron chi connectivity index (χ2n) is 8.50. The third-order valence-corrected chi connectivity index (χ3v) is 6.28. The fourth-order valence-electron chi connectivity index (χ4n) is 4.32. The fourth-order valence-corrected chi connectivity index (χ4v) is 4.32. The van der Waals surface area contributed by atoms with Gasteiger partial charge in [0.05, 0.1) is 6.54 Å². The van der Waals surface area contributed by atoms with Gasteiger partial charge < -0.3 is 15.1 Å². The number of likely N-dealkylation sites (N-methyl/N-ethyl adjacent to an activating group) is 1. The zero-order chi connectivity index (χ0) is 19.8. The van der Waals surface area contributed by atoms with Crippen molar-refractivity contribution in [3.8, 4) is 0 Å². The maximum absolute atomic E-state index is 5.02. The summed E-state index contributed by atoms with van der Waals surface area (Å²) in [5.74, 6) is 1.91. The van der Waals surface area contributed by atoms with E-state index in [2.05, 4.69) is 71.2 Å². The molecule has 2 aliphatic rings. The van der Waals surface area contributed by atoms with Crippen molar-refractivity contribution in [3.63, 3.8) is 0 Å². The lowest BCUT2D eigenvalue weighted by atomic mass is 9.90. The predicted octanol–water partition coefficient (Wildman–Crippen LogP) is 2.54. The number of benzene rings is 1. The van der Waals surface area contributed by atoms with Crippen LogP contribution in [0, 0.1) is 5.92 Å². The van der Waals surface area contributed by atoms with Gasteiger partial charge in [-0.1, -0.05) is 30.3 Å². The Kier molecular flexibility index (Phi) is 8.16. The van der Waals surface area contributed by atoms with Crippen LogP contribution in [-0.2, 0) is 6.42 Å². The molecule has 2 aliphatic heterocycles. The molecular weight excluding hydrogens is 346 g/mol. The predicted molar refractivity (Wildman–Crippen MR) is 119 cm³/mol. The zero-order valence-corrected chi connectivity index (χ0v) is 18.1. The summed E-state index contributed by atoms with van der Waals surface area (Å²) in [5.41, 5.74) is 1.47. The Labute approximate surface area is 171 Å². The van der Waals surface area contributed by atoms with Gasteiger partial charge in [0.1, 0.15) is 0 Å². The van der Waals surface area contributed by atoms with Crippen molar-refractivity contribution in [3.05, 3.63) is 35.9 Å². The average Bonchev–Trinajstić information content (AvgIpc) is 2.73. The monoisotopic (exact) mass is 385 g/mol. The molecule has 0 bridgehead atoms. The Morgan fingerprint density at radius 3 is 2.39 bits per heavy atom. The average molecular weight is 386 g/mol. The molecule has 28 heavy (non-hydrogen) atoms. The van der Waals surface area contributed by atoms with Crippen molar-refractivity contribution in [1.82, 2.24) is 20.0 Å². The molecule has 1 N–H and O–H groups in total. The highest BCUT2D eigenvalue weighted by Gasteiger charge is 2.23. The lowest BCUT2D eigenvalue weighted by Crippen LogP contribution is -2.50. The molecule has 1 unspecified atom stereocenters. The van der Waals surface area contributed by atoms with Gasteiger partial charge in [-0.15, -0.1) is 0 Å². The minimum Gasteiger partial charge on any atom is -0.357 e. The molecule has 2 fully saturated rings. The zero-order valence-electron chi connectivity index (χ0n) is 18.1. The number of likely N-dealkylation sites (tertiary alicyclic amines) is 1. The first-order valence-electron chi connectivity index (χ1n) is 11.2. The highest BCUT2D eigenvalue weighted by molar-refractivity contribution is 5.80. The summed E-state index contributed by atoms with van der Waals surface area (Å²) in [6, 6.07) is 11.5. The molecule has 2 heterocycles. The SMILES string of the molecule is CCNC(=NCC(C)N1CCN(C)CC1)N1CCC(Cc2ccccc2)CC1. The van der Waals surface area contributed by atoms with Crippen LogP contribution < -0.4 is 5.32 Å². The molecule has 5 heteroatoms. The second kappa shape index (κ2) is 10.8. The Morgan fingerprint density at radius 2 is 1.75 bits per heavy atom. The van der Waals surface area contributed by atoms with Crippen LogP contribution in [0.4, 0.5) is 0 Å². The van der Waals surface area contributed by atoms with Crippen LogP contribution in [0.25, 0.3) is 0 Å². The van der Waals surface area contributed by atoms with Crippen LogP contribution in [-0.4, -0.2) is 86.1 Å². The minimum absolute atomic E-state index is 0.512. The molecule has 3 rings (SSSR count). The maximum Gasteiger partial charge on any atom is 0.193 e. The number of nitrogens with zero attached hydrogens (tertiary/aromatic N) is 4. The normalized spacial score (nSPS) is 21.7. The van der Waals surface area contributed by atoms with Crippen LogP contribution in [0.1, 0.15) is 32.3 Å². The van der Waals surface area contributed by atoms with Crippen LogP contribution in [0.15, 0.2) is 35.3 Å². The Hall–Kier alpha value is -1.59. The summed E-state index contributed by atoms with van der Waals surface area (Å²) in [4.78, 5) is 12.5. The van der Waals surface area contributed by atoms with Gasteiger partial charge in [0.2, 0.25) is 0 Å². The van der Waals surface area contributed by atoms with E-state index >= 15 is 0 Å². The topological polar surface area (TPSA) is 34.1 Å². The van der Waals surface area contributed by atoms with E-state index in [1.165, 1.54) is 37.9 Å². The molecule has 0 amide bonds. The summed E-state index contributed by atoms with van der Waals surface area (Å²) >= 11 is 0. The van der Waals surface area contributed by atoms with Crippen LogP contribution in [0.3, 0.4) is 0 Å². The van der Waals surface area contributed by atoms with Gasteiger partial charge in [0, 0.05) is 51.9 Å². The molecule has 1 aromatic carbocycles. The molecule has 0 radical (unpaired) electrons. The number of hydrogen-bond acceptors (Lipinski definition) is 3. The van der Waals surface area contributed by atoms with E-state index in [1.807, 2.05) is 0 Å². The van der Waals surface area contributed by atoms with Crippen molar-refractivity contribution in [2.45, 2.75) is 39.2 Å². The number of piperidine rings is 1. The molecule has 156 valence electrons. The first-order chi connectivity index (χ1) is 13.7. The summed E-state index contributed by atoms with van der Waals surface area (Å²) < 4.78 is 0. The van der Waals surface area contributed by atoms with Crippen LogP contribution in [0.5, 0.6) is 0 Å². The van der Waals surface area contributed by atoms with E-state index in [0.29, 0.717) is 6.04 Å². The number of hydrogen-bond donors (Lipinski definition) is 1. The smallest absolute Gasteiger partial charge is 0.193 e. The standard InChI is InChI=1S/C23H39N5/c1-4-24-23(25-19-20(2)27-16-14-26(3)15-17-27)28-12-10-22(11-13-28)18-21-8-6-5-7-9-21/h5-9,20,22H,4,10-19H2,1-3H3,(H,24,25). The number of piperazine rings is 1. The molecular formula is C23H39N5. The highest BCUT2D eigenvalue weighted by Crippen LogP contribution is 2.21. The second-order valence-corrected chi connectivity index (χ2v) is 8.50. The number of nitrogens with one attached hydrogen (secondary N) is 1. The van der Waals surface area contributed by atoms with Crippen molar-refractivity contribution in [2.75, 3.05) is 59.4 Å². The van der Waals surface area contributed by atoms with Gasteiger partial charge >= 0.3 is 0 Å². The Bertz CT molecular complexity index is 586. The van der Waals surface area contributed by atoms with Gasteiger partial charge in [0.25, 0.3) is 0 Å². The van der Waals surface area contributed by atoms with E-state index < -0.39 is 0 Å². The van der Waals surface area contributed by atoms with Crippen molar-refractivity contribution >= 4 is 5.96 Å². The van der Waals surface area contributed by atoms with E-state index in [9.17, 15) is 0 Å². The number of guanidine groups is 1. The Balaban J connectivity index is 1.49. The van der Waals surface area contributed by atoms with Crippen molar-refractivity contribution in [1.29, 1.82) is 0 Å². The molecule has 1 atom stereocenters. The highest BCUT2D eigenvalue weighted by atomic mass is 15.3. The van der Waals surface area contributed by atoms with E-state index in [0.717, 1.165) is 51.1 Å². The molecule has 0 saturated carbocycles. The number of rotatable bonds is 6. The molecule has 1 aromatic rings. The van der Waals surface area contributed by atoms with E-state index in [4.69, 9.17) is 4.99 Å². The fraction of sp³-hybridized carbons (Fsp3) is 0.696. The first kappa shape index (κ1) is 21.1. The largest absolute Gasteiger partial charge is 0.357 e. The molecule has 0 aromatic heterocycles. The molecule has 2 saturated heterocycles. The van der Waals surface area contributed by atoms with Crippen molar-refractivity contribution < 1.29 is 0 Å².